The number of hydrogen-bond acceptors (Lipinski definition) is 5. The van der Waals surface area contributed by atoms with Crippen LogP contribution in [0.5, 0.6) is 0 Å². The highest BCUT2D eigenvalue weighted by atomic mass is 16.4. The minimum absolute atomic E-state index is 0.132. The average Bonchev–Trinajstić information content (AvgIpc) is 2.96. The molecule has 28 heavy (non-hydrogen) atoms. The summed E-state index contributed by atoms with van der Waals surface area (Å²) in [4.78, 5) is 40.9. The molecule has 0 saturated carbocycles. The van der Waals surface area contributed by atoms with Gasteiger partial charge >= 0.3 is 5.97 Å². The Morgan fingerprint density at radius 2 is 2.00 bits per heavy atom. The molecule has 3 N–H and O–H groups in total. The lowest BCUT2D eigenvalue weighted by Gasteiger charge is -2.27. The lowest BCUT2D eigenvalue weighted by molar-refractivity contribution is 0.0695. The van der Waals surface area contributed by atoms with Crippen molar-refractivity contribution in [3.8, 4) is 11.4 Å². The van der Waals surface area contributed by atoms with Gasteiger partial charge in [0.2, 0.25) is 0 Å². The third kappa shape index (κ3) is 3.22. The van der Waals surface area contributed by atoms with Crippen molar-refractivity contribution in [2.24, 2.45) is 0 Å². The van der Waals surface area contributed by atoms with Gasteiger partial charge < -0.3 is 15.1 Å². The number of aromatic amines is 2. The summed E-state index contributed by atoms with van der Waals surface area (Å²) >= 11 is 0. The van der Waals surface area contributed by atoms with Crippen molar-refractivity contribution in [1.82, 2.24) is 24.8 Å². The Morgan fingerprint density at radius 1 is 1.25 bits per heavy atom. The number of carbonyl (C=O) groups is 1. The molecule has 0 aromatic carbocycles. The first-order valence-electron chi connectivity index (χ1n) is 9.10. The van der Waals surface area contributed by atoms with Gasteiger partial charge in [0, 0.05) is 55.4 Å². The highest BCUT2D eigenvalue weighted by Gasteiger charge is 2.24. The van der Waals surface area contributed by atoms with Crippen molar-refractivity contribution in [2.75, 3.05) is 6.54 Å². The molecular weight excluding hydrogens is 358 g/mol. The normalized spacial score (nSPS) is 14.1. The topological polar surface area (TPSA) is 115 Å². The van der Waals surface area contributed by atoms with Crippen molar-refractivity contribution in [2.45, 2.75) is 33.4 Å². The number of nitrogens with zero attached hydrogens (tertiary/aromatic N) is 3. The first-order chi connectivity index (χ1) is 13.4. The second-order valence-corrected chi connectivity index (χ2v) is 7.07. The molecule has 3 aromatic rings. The minimum Gasteiger partial charge on any atom is -0.478 e. The zero-order valence-electron chi connectivity index (χ0n) is 15.7. The smallest absolute Gasteiger partial charge is 0.337 e. The van der Waals surface area contributed by atoms with Crippen LogP contribution in [0.1, 0.15) is 38.6 Å². The van der Waals surface area contributed by atoms with Gasteiger partial charge in [-0.1, -0.05) is 0 Å². The summed E-state index contributed by atoms with van der Waals surface area (Å²) in [5, 5.41) is 9.36. The van der Waals surface area contributed by atoms with Gasteiger partial charge in [-0.25, -0.2) is 9.78 Å². The standard InChI is InChI=1S/C20H21N5O3/c1-11-16(22-12(2)17(11)20(27)28)10-25-8-5-15-14(9-25)19(26)24-18(23-15)13-3-6-21-7-4-13/h3-4,6-7,22H,5,8-10H2,1-2H3,(H,27,28)(H,23,24,26). The second-order valence-electron chi connectivity index (χ2n) is 7.07. The molecule has 0 amide bonds. The third-order valence-electron chi connectivity index (χ3n) is 5.24. The number of pyridine rings is 1. The van der Waals surface area contributed by atoms with Gasteiger partial charge in [-0.2, -0.15) is 0 Å². The number of hydrogen-bond donors (Lipinski definition) is 3. The van der Waals surface area contributed by atoms with Gasteiger partial charge in [0.25, 0.3) is 5.56 Å². The molecule has 0 aliphatic carbocycles. The van der Waals surface area contributed by atoms with Gasteiger partial charge in [0.1, 0.15) is 5.82 Å². The van der Waals surface area contributed by atoms with E-state index in [9.17, 15) is 14.7 Å². The van der Waals surface area contributed by atoms with Gasteiger partial charge in [-0.15, -0.1) is 0 Å². The summed E-state index contributed by atoms with van der Waals surface area (Å²) in [5.41, 5.74) is 4.78. The van der Waals surface area contributed by atoms with Crippen LogP contribution in [-0.4, -0.2) is 42.5 Å². The van der Waals surface area contributed by atoms with Crippen LogP contribution in [0.15, 0.2) is 29.3 Å². The molecule has 0 spiro atoms. The zero-order chi connectivity index (χ0) is 19.8. The van der Waals surface area contributed by atoms with Crippen molar-refractivity contribution < 1.29 is 9.90 Å². The van der Waals surface area contributed by atoms with Crippen LogP contribution in [0.25, 0.3) is 11.4 Å². The lowest BCUT2D eigenvalue weighted by Crippen LogP contribution is -2.35. The third-order valence-corrected chi connectivity index (χ3v) is 5.24. The van der Waals surface area contributed by atoms with Crippen molar-refractivity contribution in [3.63, 3.8) is 0 Å². The van der Waals surface area contributed by atoms with Crippen LogP contribution in [-0.2, 0) is 19.5 Å². The zero-order valence-corrected chi connectivity index (χ0v) is 15.7. The average molecular weight is 379 g/mol. The molecule has 0 saturated heterocycles. The molecule has 0 radical (unpaired) electrons. The summed E-state index contributed by atoms with van der Waals surface area (Å²) < 4.78 is 0. The molecular formula is C20H21N5O3. The number of aromatic carboxylic acids is 1. The predicted octanol–water partition coefficient (Wildman–Crippen LogP) is 2.03. The van der Waals surface area contributed by atoms with E-state index in [2.05, 4.69) is 24.8 Å². The summed E-state index contributed by atoms with van der Waals surface area (Å²) in [6, 6.07) is 3.63. The Morgan fingerprint density at radius 3 is 2.68 bits per heavy atom. The Kier molecular flexibility index (Phi) is 4.56. The largest absolute Gasteiger partial charge is 0.478 e. The van der Waals surface area contributed by atoms with Crippen LogP contribution < -0.4 is 5.56 Å². The first-order valence-corrected chi connectivity index (χ1v) is 9.10. The molecule has 144 valence electrons. The Balaban J connectivity index is 1.59. The van der Waals surface area contributed by atoms with Gasteiger partial charge in [0.05, 0.1) is 16.8 Å². The van der Waals surface area contributed by atoms with Crippen LogP contribution in [0.2, 0.25) is 0 Å². The van der Waals surface area contributed by atoms with E-state index in [4.69, 9.17) is 0 Å². The molecule has 0 bridgehead atoms. The van der Waals surface area contributed by atoms with Gasteiger partial charge in [-0.3, -0.25) is 14.7 Å². The monoisotopic (exact) mass is 379 g/mol. The number of H-pyrrole nitrogens is 2. The van der Waals surface area contributed by atoms with E-state index in [0.717, 1.165) is 29.1 Å². The lowest BCUT2D eigenvalue weighted by atomic mass is 10.1. The van der Waals surface area contributed by atoms with E-state index >= 15 is 0 Å². The molecule has 0 unspecified atom stereocenters. The molecule has 0 atom stereocenters. The van der Waals surface area contributed by atoms with E-state index in [1.807, 2.05) is 19.1 Å². The van der Waals surface area contributed by atoms with Crippen LogP contribution >= 0.6 is 0 Å². The molecule has 1 aliphatic rings. The number of carboxylic acids is 1. The fraction of sp³-hybridized carbons (Fsp3) is 0.300. The molecule has 4 rings (SSSR count). The fourth-order valence-electron chi connectivity index (χ4n) is 3.78. The minimum atomic E-state index is -0.925. The summed E-state index contributed by atoms with van der Waals surface area (Å²) in [5.74, 6) is -0.368. The fourth-order valence-corrected chi connectivity index (χ4v) is 3.78. The van der Waals surface area contributed by atoms with Crippen LogP contribution in [0.4, 0.5) is 0 Å². The number of fused-ring (bicyclic) bond motifs is 1. The van der Waals surface area contributed by atoms with E-state index in [0.29, 0.717) is 42.2 Å². The SMILES string of the molecule is Cc1[nH]c(CN2CCc3nc(-c4ccncc4)[nH]c(=O)c3C2)c(C)c1C(=O)O. The molecule has 8 nitrogen and oxygen atoms in total. The number of nitrogens with one attached hydrogen (secondary N) is 2. The quantitative estimate of drug-likeness (QED) is 0.639. The predicted molar refractivity (Wildman–Crippen MR) is 103 cm³/mol. The van der Waals surface area contributed by atoms with E-state index in [1.165, 1.54) is 0 Å². The van der Waals surface area contributed by atoms with Gasteiger partial charge in [-0.05, 0) is 31.5 Å². The maximum atomic E-state index is 12.6. The summed E-state index contributed by atoms with van der Waals surface area (Å²) in [6.45, 7) is 5.37. The molecule has 1 aliphatic heterocycles. The van der Waals surface area contributed by atoms with Crippen LogP contribution in [0.3, 0.4) is 0 Å². The van der Waals surface area contributed by atoms with Crippen LogP contribution in [0, 0.1) is 13.8 Å². The van der Waals surface area contributed by atoms with Crippen molar-refractivity contribution in [1.29, 1.82) is 0 Å². The molecule has 4 heterocycles. The molecule has 0 fully saturated rings. The molecule has 8 heteroatoms. The number of rotatable bonds is 4. The Bertz CT molecular complexity index is 1100. The summed E-state index contributed by atoms with van der Waals surface area (Å²) in [7, 11) is 0. The van der Waals surface area contributed by atoms with Crippen molar-refractivity contribution in [3.05, 3.63) is 68.7 Å². The number of aryl methyl sites for hydroxylation is 1. The number of carboxylic acid groups (broad SMARTS) is 1. The number of aromatic nitrogens is 4. The van der Waals surface area contributed by atoms with E-state index in [-0.39, 0.29) is 5.56 Å². The maximum Gasteiger partial charge on any atom is 0.337 e. The second kappa shape index (κ2) is 7.05. The highest BCUT2D eigenvalue weighted by Crippen LogP contribution is 2.23. The summed E-state index contributed by atoms with van der Waals surface area (Å²) in [6.07, 6.45) is 4.01. The Hall–Kier alpha value is -3.26. The van der Waals surface area contributed by atoms with E-state index < -0.39 is 5.97 Å². The highest BCUT2D eigenvalue weighted by molar-refractivity contribution is 5.91. The van der Waals surface area contributed by atoms with Crippen molar-refractivity contribution >= 4 is 5.97 Å². The Labute approximate surface area is 161 Å². The maximum absolute atomic E-state index is 12.6. The van der Waals surface area contributed by atoms with Gasteiger partial charge in [0.15, 0.2) is 0 Å². The first kappa shape index (κ1) is 18.1. The van der Waals surface area contributed by atoms with E-state index in [1.54, 1.807) is 19.3 Å². The molecule has 3 aromatic heterocycles.